The zero-order valence-corrected chi connectivity index (χ0v) is 15.5. The molecule has 28 heavy (non-hydrogen) atoms. The van der Waals surface area contributed by atoms with Crippen LogP contribution in [-0.2, 0) is 24.1 Å². The number of carbonyl (C=O) groups is 1. The Labute approximate surface area is 163 Å². The fourth-order valence-corrected chi connectivity index (χ4v) is 3.17. The van der Waals surface area contributed by atoms with Gasteiger partial charge < -0.3 is 11.1 Å². The summed E-state index contributed by atoms with van der Waals surface area (Å²) in [5.41, 5.74) is 9.20. The van der Waals surface area contributed by atoms with Crippen molar-refractivity contribution in [3.8, 4) is 0 Å². The Balaban J connectivity index is 1.62. The number of nitrogens with two attached hydrogens (primary N) is 1. The average Bonchev–Trinajstić information content (AvgIpc) is 2.72. The monoisotopic (exact) mass is 378 g/mol. The zero-order chi connectivity index (χ0) is 19.8. The molecule has 0 aliphatic heterocycles. The molecule has 1 aromatic carbocycles. The molecule has 144 valence electrons. The van der Waals surface area contributed by atoms with Gasteiger partial charge in [0, 0.05) is 36.9 Å². The fraction of sp³-hybridized carbons (Fsp3) is 0.227. The first-order valence-electron chi connectivity index (χ1n) is 9.23. The molecule has 0 saturated carbocycles. The number of halogens is 1. The van der Waals surface area contributed by atoms with Gasteiger partial charge in [0.2, 0.25) is 5.91 Å². The minimum absolute atomic E-state index is 0.265. The molecule has 1 atom stereocenters. The summed E-state index contributed by atoms with van der Waals surface area (Å²) in [6.45, 7) is 0.492. The first-order valence-corrected chi connectivity index (χ1v) is 9.23. The van der Waals surface area contributed by atoms with Gasteiger partial charge in [-0.1, -0.05) is 24.3 Å². The maximum atomic E-state index is 14.0. The molecular weight excluding hydrogens is 355 g/mol. The van der Waals surface area contributed by atoms with Crippen LogP contribution in [0.3, 0.4) is 0 Å². The normalized spacial score (nSPS) is 11.9. The van der Waals surface area contributed by atoms with Gasteiger partial charge in [0.05, 0.1) is 0 Å². The quantitative estimate of drug-likeness (QED) is 0.600. The average molecular weight is 378 g/mol. The molecule has 1 unspecified atom stereocenters. The molecule has 0 aliphatic carbocycles. The number of hydrogen-bond acceptors (Lipinski definition) is 4. The van der Waals surface area contributed by atoms with Crippen LogP contribution in [0, 0.1) is 5.82 Å². The first kappa shape index (κ1) is 19.6. The van der Waals surface area contributed by atoms with Gasteiger partial charge >= 0.3 is 0 Å². The van der Waals surface area contributed by atoms with Crippen LogP contribution >= 0.6 is 0 Å². The molecule has 0 fully saturated rings. The maximum absolute atomic E-state index is 14.0. The van der Waals surface area contributed by atoms with E-state index in [2.05, 4.69) is 21.4 Å². The maximum Gasteiger partial charge on any atom is 0.239 e. The van der Waals surface area contributed by atoms with E-state index in [0.29, 0.717) is 13.0 Å². The number of primary amides is 1. The van der Waals surface area contributed by atoms with Gasteiger partial charge in [0.1, 0.15) is 11.9 Å². The number of hydrogen-bond donors (Lipinski definition) is 2. The van der Waals surface area contributed by atoms with Crippen LogP contribution in [-0.4, -0.2) is 22.4 Å². The second kappa shape index (κ2) is 9.71. The molecule has 3 aromatic rings. The van der Waals surface area contributed by atoms with E-state index in [-0.39, 0.29) is 5.56 Å². The zero-order valence-electron chi connectivity index (χ0n) is 15.5. The van der Waals surface area contributed by atoms with Gasteiger partial charge in [0.25, 0.3) is 0 Å². The van der Waals surface area contributed by atoms with Crippen molar-refractivity contribution < 1.29 is 9.18 Å². The van der Waals surface area contributed by atoms with Gasteiger partial charge in [0.15, 0.2) is 0 Å². The molecule has 2 heterocycles. The van der Waals surface area contributed by atoms with Crippen LogP contribution in [0.2, 0.25) is 0 Å². The molecule has 0 aliphatic rings. The number of aromatic nitrogens is 2. The van der Waals surface area contributed by atoms with Gasteiger partial charge in [-0.05, 0) is 54.2 Å². The van der Waals surface area contributed by atoms with Crippen molar-refractivity contribution in [2.45, 2.75) is 25.3 Å². The number of nitrogens with zero attached hydrogens (tertiary/aromatic N) is 2. The molecule has 2 aromatic heterocycles. The first-order chi connectivity index (χ1) is 13.6. The molecule has 3 rings (SSSR count). The minimum Gasteiger partial charge on any atom is -0.368 e. The van der Waals surface area contributed by atoms with E-state index < -0.39 is 17.8 Å². The molecule has 1 amide bonds. The number of pyridine rings is 2. The minimum atomic E-state index is -0.859. The number of rotatable bonds is 9. The number of aryl methyl sites for hydroxylation is 2. The third kappa shape index (κ3) is 5.20. The summed E-state index contributed by atoms with van der Waals surface area (Å²) in [6.07, 6.45) is 9.65. The second-order valence-electron chi connectivity index (χ2n) is 6.57. The van der Waals surface area contributed by atoms with E-state index >= 15 is 0 Å². The summed E-state index contributed by atoms with van der Waals surface area (Å²) in [5.74, 6) is -1.04. The molecule has 0 bridgehead atoms. The molecule has 0 saturated heterocycles. The number of benzene rings is 1. The lowest BCUT2D eigenvalue weighted by molar-refractivity contribution is -0.120. The second-order valence-corrected chi connectivity index (χ2v) is 6.57. The third-order valence-corrected chi connectivity index (χ3v) is 4.65. The topological polar surface area (TPSA) is 80.9 Å². The van der Waals surface area contributed by atoms with E-state index in [1.54, 1.807) is 30.6 Å². The summed E-state index contributed by atoms with van der Waals surface area (Å²) >= 11 is 0. The van der Waals surface area contributed by atoms with E-state index in [4.69, 9.17) is 5.73 Å². The van der Waals surface area contributed by atoms with Crippen molar-refractivity contribution in [2.75, 3.05) is 6.54 Å². The molecular formula is C22H23FN4O. The van der Waals surface area contributed by atoms with Gasteiger partial charge in [-0.3, -0.25) is 14.8 Å². The van der Waals surface area contributed by atoms with Crippen LogP contribution in [0.25, 0.3) is 0 Å². The Morgan fingerprint density at radius 3 is 2.54 bits per heavy atom. The van der Waals surface area contributed by atoms with E-state index in [0.717, 1.165) is 24.0 Å². The Hall–Kier alpha value is -3.12. The predicted molar refractivity (Wildman–Crippen MR) is 106 cm³/mol. The van der Waals surface area contributed by atoms with E-state index in [9.17, 15) is 9.18 Å². The van der Waals surface area contributed by atoms with Crippen molar-refractivity contribution in [3.63, 3.8) is 0 Å². The fourth-order valence-electron chi connectivity index (χ4n) is 3.17. The van der Waals surface area contributed by atoms with Crippen LogP contribution in [0.15, 0.2) is 67.3 Å². The van der Waals surface area contributed by atoms with Gasteiger partial charge in [-0.2, -0.15) is 0 Å². The standard InChI is InChI=1S/C22H23FN4O/c23-20-6-2-1-5-19(20)21(22(24)28)27-13-10-17-9-12-26-15-18(17)8-7-16-4-3-11-25-14-16/h1-6,9,11-12,14-15,21,27H,7-8,10,13H2,(H2,24,28). The Kier molecular flexibility index (Phi) is 6.81. The van der Waals surface area contributed by atoms with Crippen molar-refractivity contribution in [3.05, 3.63) is 95.3 Å². The predicted octanol–water partition coefficient (Wildman–Crippen LogP) is 2.76. The highest BCUT2D eigenvalue weighted by molar-refractivity contribution is 5.81. The highest BCUT2D eigenvalue weighted by Crippen LogP contribution is 2.17. The Morgan fingerprint density at radius 1 is 0.964 bits per heavy atom. The molecule has 0 spiro atoms. The SMILES string of the molecule is NC(=O)C(NCCc1ccncc1CCc1cccnc1)c1ccccc1F. The number of nitrogens with one attached hydrogen (secondary N) is 1. The lowest BCUT2D eigenvalue weighted by atomic mass is 10.00. The molecule has 3 N–H and O–H groups in total. The van der Waals surface area contributed by atoms with Crippen molar-refractivity contribution >= 4 is 5.91 Å². The molecule has 5 nitrogen and oxygen atoms in total. The van der Waals surface area contributed by atoms with Crippen LogP contribution in [0.1, 0.15) is 28.3 Å². The highest BCUT2D eigenvalue weighted by atomic mass is 19.1. The van der Waals surface area contributed by atoms with Crippen LogP contribution in [0.4, 0.5) is 4.39 Å². The van der Waals surface area contributed by atoms with Crippen LogP contribution < -0.4 is 11.1 Å². The van der Waals surface area contributed by atoms with Gasteiger partial charge in [-0.15, -0.1) is 0 Å². The van der Waals surface area contributed by atoms with E-state index in [1.165, 1.54) is 11.6 Å². The molecule has 6 heteroatoms. The van der Waals surface area contributed by atoms with E-state index in [1.807, 2.05) is 24.5 Å². The van der Waals surface area contributed by atoms with Crippen LogP contribution in [0.5, 0.6) is 0 Å². The third-order valence-electron chi connectivity index (χ3n) is 4.65. The summed E-state index contributed by atoms with van der Waals surface area (Å²) in [7, 11) is 0. The largest absolute Gasteiger partial charge is 0.368 e. The summed E-state index contributed by atoms with van der Waals surface area (Å²) in [6, 6.07) is 11.3. The lowest BCUT2D eigenvalue weighted by Gasteiger charge is -2.17. The lowest BCUT2D eigenvalue weighted by Crippen LogP contribution is -2.35. The summed E-state index contributed by atoms with van der Waals surface area (Å²) < 4.78 is 14.0. The summed E-state index contributed by atoms with van der Waals surface area (Å²) in [4.78, 5) is 20.2. The smallest absolute Gasteiger partial charge is 0.239 e. The number of amides is 1. The molecule has 0 radical (unpaired) electrons. The number of carbonyl (C=O) groups excluding carboxylic acids is 1. The summed E-state index contributed by atoms with van der Waals surface area (Å²) in [5, 5.41) is 3.08. The van der Waals surface area contributed by atoms with Gasteiger partial charge in [-0.25, -0.2) is 4.39 Å². The van der Waals surface area contributed by atoms with Crippen molar-refractivity contribution in [1.82, 2.24) is 15.3 Å². The van der Waals surface area contributed by atoms with Crippen molar-refractivity contribution in [1.29, 1.82) is 0 Å². The Bertz CT molecular complexity index is 917. The Morgan fingerprint density at radius 2 is 1.79 bits per heavy atom. The van der Waals surface area contributed by atoms with Crippen molar-refractivity contribution in [2.24, 2.45) is 5.73 Å². The highest BCUT2D eigenvalue weighted by Gasteiger charge is 2.20.